The number of allylic oxidation sites excluding steroid dienone is 2. The zero-order chi connectivity index (χ0) is 20.4. The van der Waals surface area contributed by atoms with E-state index in [1.807, 2.05) is 23.1 Å². The van der Waals surface area contributed by atoms with Crippen LogP contribution in [0.1, 0.15) is 28.8 Å². The van der Waals surface area contributed by atoms with E-state index in [1.54, 1.807) is 24.3 Å². The van der Waals surface area contributed by atoms with E-state index < -0.39 is 0 Å². The highest BCUT2D eigenvalue weighted by Gasteiger charge is 2.59. The van der Waals surface area contributed by atoms with Crippen molar-refractivity contribution in [2.45, 2.75) is 19.3 Å². The Bertz CT molecular complexity index is 1090. The van der Waals surface area contributed by atoms with Crippen LogP contribution in [0.4, 0.5) is 11.4 Å². The Morgan fingerprint density at radius 3 is 2.40 bits per heavy atom. The average Bonchev–Trinajstić information content (AvgIpc) is 3.46. The van der Waals surface area contributed by atoms with Crippen LogP contribution < -0.4 is 9.80 Å². The summed E-state index contributed by atoms with van der Waals surface area (Å²) in [4.78, 5) is 42.7. The minimum absolute atomic E-state index is 0.0926. The SMILES string of the molecule is O=C(c1cccc(N2C(=O)[C@@H]3[C@H](C2=O)[C@H]2C=C[C@H]3C2)c1)N1CCCc2ccccc21. The normalized spacial score (nSPS) is 28.8. The van der Waals surface area contributed by atoms with Gasteiger partial charge in [-0.3, -0.25) is 14.4 Å². The van der Waals surface area contributed by atoms with E-state index in [1.165, 1.54) is 10.5 Å². The summed E-state index contributed by atoms with van der Waals surface area (Å²) < 4.78 is 0. The molecule has 2 aromatic carbocycles. The van der Waals surface area contributed by atoms with Crippen LogP contribution in [0.15, 0.2) is 60.7 Å². The van der Waals surface area contributed by atoms with Crippen LogP contribution in [0, 0.1) is 23.7 Å². The highest BCUT2D eigenvalue weighted by Crippen LogP contribution is 2.53. The number of aryl methyl sites for hydroxylation is 1. The Hall–Kier alpha value is -3.21. The molecule has 2 aromatic rings. The van der Waals surface area contributed by atoms with E-state index in [9.17, 15) is 14.4 Å². The van der Waals surface area contributed by atoms with Gasteiger partial charge in [0.2, 0.25) is 11.8 Å². The highest BCUT2D eigenvalue weighted by atomic mass is 16.2. The lowest BCUT2D eigenvalue weighted by Gasteiger charge is -2.29. The number of benzene rings is 2. The zero-order valence-corrected chi connectivity index (χ0v) is 16.5. The number of hydrogen-bond acceptors (Lipinski definition) is 3. The number of nitrogens with zero attached hydrogens (tertiary/aromatic N) is 2. The van der Waals surface area contributed by atoms with Gasteiger partial charge in [-0.2, -0.15) is 0 Å². The molecule has 2 aliphatic carbocycles. The van der Waals surface area contributed by atoms with Gasteiger partial charge in [-0.1, -0.05) is 36.4 Å². The van der Waals surface area contributed by atoms with Crippen molar-refractivity contribution < 1.29 is 14.4 Å². The molecule has 2 fully saturated rings. The van der Waals surface area contributed by atoms with Gasteiger partial charge in [0.15, 0.2) is 0 Å². The molecule has 0 N–H and O–H groups in total. The predicted molar refractivity (Wildman–Crippen MR) is 113 cm³/mol. The van der Waals surface area contributed by atoms with E-state index >= 15 is 0 Å². The summed E-state index contributed by atoms with van der Waals surface area (Å²) in [7, 11) is 0. The lowest BCUT2D eigenvalue weighted by Crippen LogP contribution is -2.36. The van der Waals surface area contributed by atoms with Crippen LogP contribution in [-0.2, 0) is 16.0 Å². The maximum absolute atomic E-state index is 13.3. The number of anilines is 2. The maximum atomic E-state index is 13.3. The van der Waals surface area contributed by atoms with Crippen LogP contribution in [0.2, 0.25) is 0 Å². The molecule has 1 saturated heterocycles. The van der Waals surface area contributed by atoms with Crippen molar-refractivity contribution in [1.82, 2.24) is 0 Å². The molecule has 1 saturated carbocycles. The summed E-state index contributed by atoms with van der Waals surface area (Å²) in [5, 5.41) is 0. The fourth-order valence-electron chi connectivity index (χ4n) is 5.84. The molecule has 4 atom stereocenters. The molecule has 0 spiro atoms. The van der Waals surface area contributed by atoms with Crippen LogP contribution in [0.3, 0.4) is 0 Å². The minimum Gasteiger partial charge on any atom is -0.308 e. The minimum atomic E-state index is -0.235. The molecule has 6 rings (SSSR count). The van der Waals surface area contributed by atoms with Gasteiger partial charge >= 0.3 is 0 Å². The summed E-state index contributed by atoms with van der Waals surface area (Å²) in [6, 6.07) is 15.0. The summed E-state index contributed by atoms with van der Waals surface area (Å²) in [6.07, 6.45) is 6.98. The van der Waals surface area contributed by atoms with Crippen molar-refractivity contribution in [2.75, 3.05) is 16.3 Å². The van der Waals surface area contributed by atoms with E-state index in [4.69, 9.17) is 0 Å². The van der Waals surface area contributed by atoms with Crippen molar-refractivity contribution >= 4 is 29.1 Å². The van der Waals surface area contributed by atoms with Gasteiger partial charge in [0.1, 0.15) is 0 Å². The number of fused-ring (bicyclic) bond motifs is 6. The number of rotatable bonds is 2. The molecule has 0 radical (unpaired) electrons. The molecule has 3 amide bonds. The molecule has 0 aromatic heterocycles. The fourth-order valence-corrected chi connectivity index (χ4v) is 5.84. The molecule has 150 valence electrons. The zero-order valence-electron chi connectivity index (χ0n) is 16.5. The van der Waals surface area contributed by atoms with Crippen molar-refractivity contribution in [3.63, 3.8) is 0 Å². The van der Waals surface area contributed by atoms with Crippen molar-refractivity contribution in [3.05, 3.63) is 71.8 Å². The molecule has 4 aliphatic rings. The lowest BCUT2D eigenvalue weighted by molar-refractivity contribution is -0.123. The van der Waals surface area contributed by atoms with Crippen LogP contribution in [0.25, 0.3) is 0 Å². The van der Waals surface area contributed by atoms with Crippen LogP contribution in [-0.4, -0.2) is 24.3 Å². The summed E-state index contributed by atoms with van der Waals surface area (Å²) >= 11 is 0. The summed E-state index contributed by atoms with van der Waals surface area (Å²) in [6.45, 7) is 0.667. The van der Waals surface area contributed by atoms with Crippen molar-refractivity contribution in [2.24, 2.45) is 23.7 Å². The first-order valence-corrected chi connectivity index (χ1v) is 10.7. The average molecular weight is 398 g/mol. The molecular formula is C25H22N2O3. The van der Waals surface area contributed by atoms with Gasteiger partial charge in [0.25, 0.3) is 5.91 Å². The number of carbonyl (C=O) groups is 3. The smallest absolute Gasteiger partial charge is 0.258 e. The Morgan fingerprint density at radius 2 is 1.63 bits per heavy atom. The molecule has 30 heavy (non-hydrogen) atoms. The molecule has 0 unspecified atom stereocenters. The summed E-state index contributed by atoms with van der Waals surface area (Å²) in [5.74, 6) is -0.441. The van der Waals surface area contributed by atoms with Gasteiger partial charge in [0, 0.05) is 17.8 Å². The standard InChI is InChI=1S/C25H22N2O3/c28-23(26-12-4-7-15-5-1-2-9-20(15)26)18-6-3-8-19(14-18)27-24(29)21-16-10-11-17(13-16)22(21)25(27)30/h1-3,5-6,8-11,14,16-17,21-22H,4,7,12-13H2/t16-,17-,21-,22+/m0/s1. The predicted octanol–water partition coefficient (Wildman–Crippen LogP) is 3.59. The lowest BCUT2D eigenvalue weighted by atomic mass is 9.85. The van der Waals surface area contributed by atoms with Gasteiger partial charge in [-0.05, 0) is 60.9 Å². The van der Waals surface area contributed by atoms with Crippen molar-refractivity contribution in [3.8, 4) is 0 Å². The first-order chi connectivity index (χ1) is 14.6. The molecule has 2 bridgehead atoms. The Labute approximate surface area is 175 Å². The van der Waals surface area contributed by atoms with E-state index in [0.29, 0.717) is 17.8 Å². The number of imide groups is 1. The monoisotopic (exact) mass is 398 g/mol. The number of para-hydroxylation sites is 1. The van der Waals surface area contributed by atoms with Gasteiger partial charge in [-0.25, -0.2) is 4.90 Å². The third-order valence-corrected chi connectivity index (χ3v) is 7.18. The van der Waals surface area contributed by atoms with Gasteiger partial charge in [-0.15, -0.1) is 0 Å². The Kier molecular flexibility index (Phi) is 3.76. The van der Waals surface area contributed by atoms with Gasteiger partial charge in [0.05, 0.1) is 17.5 Å². The van der Waals surface area contributed by atoms with Crippen LogP contribution >= 0.6 is 0 Å². The third kappa shape index (κ3) is 2.38. The second-order valence-electron chi connectivity index (χ2n) is 8.75. The fraction of sp³-hybridized carbons (Fsp3) is 0.320. The van der Waals surface area contributed by atoms with Crippen LogP contribution in [0.5, 0.6) is 0 Å². The molecule has 2 heterocycles. The van der Waals surface area contributed by atoms with Crippen molar-refractivity contribution in [1.29, 1.82) is 0 Å². The number of hydrogen-bond donors (Lipinski definition) is 0. The summed E-state index contributed by atoms with van der Waals surface area (Å²) in [5.41, 5.74) is 3.14. The second-order valence-corrected chi connectivity index (χ2v) is 8.75. The number of carbonyl (C=O) groups excluding carboxylic acids is 3. The molecule has 2 aliphatic heterocycles. The topological polar surface area (TPSA) is 57.7 Å². The van der Waals surface area contributed by atoms with Gasteiger partial charge < -0.3 is 4.90 Å². The Balaban J connectivity index is 1.32. The first-order valence-electron chi connectivity index (χ1n) is 10.7. The quantitative estimate of drug-likeness (QED) is 0.574. The molecule has 5 nitrogen and oxygen atoms in total. The van der Waals surface area contributed by atoms with E-state index in [2.05, 4.69) is 18.2 Å². The largest absolute Gasteiger partial charge is 0.308 e. The maximum Gasteiger partial charge on any atom is 0.258 e. The Morgan fingerprint density at radius 1 is 0.900 bits per heavy atom. The van der Waals surface area contributed by atoms with E-state index in [0.717, 1.165) is 24.9 Å². The third-order valence-electron chi connectivity index (χ3n) is 7.18. The highest BCUT2D eigenvalue weighted by molar-refractivity contribution is 6.23. The number of amides is 3. The molecule has 5 heteroatoms. The molecular weight excluding hydrogens is 376 g/mol. The van der Waals surface area contributed by atoms with E-state index in [-0.39, 0.29) is 41.4 Å². The second kappa shape index (κ2) is 6.39. The first kappa shape index (κ1) is 17.6.